The Balaban J connectivity index is 1.95. The monoisotopic (exact) mass is 347 g/mol. The Kier molecular flexibility index (Phi) is 4.41. The fraction of sp³-hybridized carbons (Fsp3) is 0.318. The molecule has 0 bridgehead atoms. The van der Waals surface area contributed by atoms with Crippen molar-refractivity contribution in [1.82, 2.24) is 9.78 Å². The Labute approximate surface area is 154 Å². The van der Waals surface area contributed by atoms with E-state index in [9.17, 15) is 0 Å². The molecule has 1 N–H and O–H groups in total. The first-order valence-corrected chi connectivity index (χ1v) is 9.25. The van der Waals surface area contributed by atoms with Crippen LogP contribution in [0.5, 0.6) is 5.75 Å². The maximum absolute atomic E-state index is 5.59. The molecule has 3 aromatic rings. The minimum absolute atomic E-state index is 0.829. The molecule has 1 aliphatic heterocycles. The van der Waals surface area contributed by atoms with Crippen molar-refractivity contribution in [1.29, 1.82) is 0 Å². The smallest absolute Gasteiger partial charge is 0.144 e. The minimum Gasteiger partial charge on any atom is -0.494 e. The molecule has 2 heterocycles. The Morgan fingerprint density at radius 2 is 1.81 bits per heavy atom. The van der Waals surface area contributed by atoms with Gasteiger partial charge in [0, 0.05) is 17.7 Å². The lowest BCUT2D eigenvalue weighted by Crippen LogP contribution is -2.08. The number of aryl methyl sites for hydroxylation is 2. The van der Waals surface area contributed by atoms with Gasteiger partial charge in [0.25, 0.3) is 0 Å². The lowest BCUT2D eigenvalue weighted by atomic mass is 10.00. The van der Waals surface area contributed by atoms with E-state index in [1.165, 1.54) is 35.1 Å². The van der Waals surface area contributed by atoms with Crippen LogP contribution in [0.2, 0.25) is 0 Å². The van der Waals surface area contributed by atoms with Gasteiger partial charge in [0.05, 0.1) is 12.8 Å². The van der Waals surface area contributed by atoms with Gasteiger partial charge in [-0.25, -0.2) is 4.68 Å². The van der Waals surface area contributed by atoms with Gasteiger partial charge in [-0.1, -0.05) is 29.3 Å². The summed E-state index contributed by atoms with van der Waals surface area (Å²) in [4.78, 5) is 0. The average molecular weight is 347 g/mol. The highest BCUT2D eigenvalue weighted by Gasteiger charge is 2.23. The number of nitrogens with one attached hydrogen (secondary N) is 1. The van der Waals surface area contributed by atoms with E-state index in [0.29, 0.717) is 0 Å². The third-order valence-corrected chi connectivity index (χ3v) is 4.94. The van der Waals surface area contributed by atoms with E-state index in [0.717, 1.165) is 35.9 Å². The maximum atomic E-state index is 5.59. The number of anilines is 1. The molecule has 0 spiro atoms. The normalized spacial score (nSPS) is 13.7. The fourth-order valence-corrected chi connectivity index (χ4v) is 3.82. The number of para-hydroxylation sites is 2. The zero-order valence-electron chi connectivity index (χ0n) is 15.7. The largest absolute Gasteiger partial charge is 0.494 e. The zero-order valence-corrected chi connectivity index (χ0v) is 15.7. The van der Waals surface area contributed by atoms with Gasteiger partial charge in [0.1, 0.15) is 17.3 Å². The molecule has 1 aromatic heterocycles. The van der Waals surface area contributed by atoms with Crippen LogP contribution in [0.25, 0.3) is 16.9 Å². The van der Waals surface area contributed by atoms with Crippen LogP contribution in [0.4, 0.5) is 5.82 Å². The van der Waals surface area contributed by atoms with Crippen molar-refractivity contribution in [3.8, 4) is 22.7 Å². The molecule has 2 aromatic carbocycles. The Morgan fingerprint density at radius 1 is 1.04 bits per heavy atom. The van der Waals surface area contributed by atoms with Crippen LogP contribution in [-0.4, -0.2) is 23.4 Å². The van der Waals surface area contributed by atoms with Crippen molar-refractivity contribution in [2.24, 2.45) is 0 Å². The number of methoxy groups -OCH3 is 1. The molecule has 4 nitrogen and oxygen atoms in total. The first-order valence-electron chi connectivity index (χ1n) is 9.25. The third-order valence-electron chi connectivity index (χ3n) is 4.94. The molecule has 0 radical (unpaired) electrons. The van der Waals surface area contributed by atoms with Crippen LogP contribution in [0.1, 0.15) is 29.5 Å². The number of hydrogen-bond acceptors (Lipinski definition) is 3. The van der Waals surface area contributed by atoms with Gasteiger partial charge in [-0.3, -0.25) is 0 Å². The summed E-state index contributed by atoms with van der Waals surface area (Å²) in [7, 11) is 1.71. The van der Waals surface area contributed by atoms with Gasteiger partial charge in [0.15, 0.2) is 0 Å². The quantitative estimate of drug-likeness (QED) is 0.731. The Morgan fingerprint density at radius 3 is 2.58 bits per heavy atom. The summed E-state index contributed by atoms with van der Waals surface area (Å²) in [5, 5.41) is 8.65. The molecule has 0 saturated heterocycles. The second-order valence-electron chi connectivity index (χ2n) is 7.02. The van der Waals surface area contributed by atoms with Gasteiger partial charge >= 0.3 is 0 Å². The standard InChI is InChI=1S/C22H25N3O/c1-15-12-16(2)14-17(13-15)21-18-8-6-7-11-23-22(18)25(24-21)19-9-4-5-10-20(19)26-3/h4-5,9-10,12-14,23H,6-8,11H2,1-3H3. The van der Waals surface area contributed by atoms with E-state index in [-0.39, 0.29) is 0 Å². The fourth-order valence-electron chi connectivity index (χ4n) is 3.82. The van der Waals surface area contributed by atoms with Crippen molar-refractivity contribution in [3.63, 3.8) is 0 Å². The summed E-state index contributed by atoms with van der Waals surface area (Å²) in [6.07, 6.45) is 3.39. The van der Waals surface area contributed by atoms with Crippen molar-refractivity contribution >= 4 is 5.82 Å². The van der Waals surface area contributed by atoms with Crippen molar-refractivity contribution in [3.05, 3.63) is 59.2 Å². The molecule has 0 aliphatic carbocycles. The summed E-state index contributed by atoms with van der Waals surface area (Å²) in [5.41, 5.74) is 7.07. The number of nitrogens with zero attached hydrogens (tertiary/aromatic N) is 2. The number of aromatic nitrogens is 2. The van der Waals surface area contributed by atoms with Crippen LogP contribution in [0.15, 0.2) is 42.5 Å². The average Bonchev–Trinajstić information content (AvgIpc) is 2.82. The Hall–Kier alpha value is -2.75. The molecular formula is C22H25N3O. The third kappa shape index (κ3) is 2.96. The maximum Gasteiger partial charge on any atom is 0.144 e. The van der Waals surface area contributed by atoms with Crippen LogP contribution in [0, 0.1) is 13.8 Å². The lowest BCUT2D eigenvalue weighted by molar-refractivity contribution is 0.412. The molecule has 4 rings (SSSR count). The van der Waals surface area contributed by atoms with Gasteiger partial charge < -0.3 is 10.1 Å². The van der Waals surface area contributed by atoms with Gasteiger partial charge in [-0.05, 0) is 57.4 Å². The van der Waals surface area contributed by atoms with Crippen LogP contribution in [-0.2, 0) is 6.42 Å². The molecule has 134 valence electrons. The highest BCUT2D eigenvalue weighted by molar-refractivity contribution is 5.72. The van der Waals surface area contributed by atoms with Crippen LogP contribution in [0.3, 0.4) is 0 Å². The summed E-state index contributed by atoms with van der Waals surface area (Å²) in [5.74, 6) is 1.93. The molecule has 4 heteroatoms. The lowest BCUT2D eigenvalue weighted by Gasteiger charge is -2.12. The van der Waals surface area contributed by atoms with Crippen LogP contribution >= 0.6 is 0 Å². The molecule has 0 saturated carbocycles. The molecule has 0 unspecified atom stereocenters. The summed E-state index contributed by atoms with van der Waals surface area (Å²) in [6, 6.07) is 14.7. The molecule has 0 amide bonds. The molecule has 26 heavy (non-hydrogen) atoms. The van der Waals surface area contributed by atoms with Crippen molar-refractivity contribution in [2.75, 3.05) is 19.0 Å². The van der Waals surface area contributed by atoms with Crippen molar-refractivity contribution < 1.29 is 4.74 Å². The SMILES string of the molecule is COc1ccccc1-n1nc(-c2cc(C)cc(C)c2)c2c1NCCCC2. The summed E-state index contributed by atoms with van der Waals surface area (Å²) in [6.45, 7) is 5.26. The molecule has 1 aliphatic rings. The highest BCUT2D eigenvalue weighted by Crippen LogP contribution is 2.36. The van der Waals surface area contributed by atoms with E-state index in [1.54, 1.807) is 7.11 Å². The zero-order chi connectivity index (χ0) is 18.1. The summed E-state index contributed by atoms with van der Waals surface area (Å²) >= 11 is 0. The predicted octanol–water partition coefficient (Wildman–Crippen LogP) is 4.91. The number of fused-ring (bicyclic) bond motifs is 1. The topological polar surface area (TPSA) is 39.1 Å². The molecule has 0 atom stereocenters. The second-order valence-corrected chi connectivity index (χ2v) is 7.02. The molecule has 0 fully saturated rings. The van der Waals surface area contributed by atoms with E-state index >= 15 is 0 Å². The first-order chi connectivity index (χ1) is 12.7. The van der Waals surface area contributed by atoms with E-state index in [2.05, 4.69) is 43.4 Å². The summed E-state index contributed by atoms with van der Waals surface area (Å²) < 4.78 is 7.61. The van der Waals surface area contributed by atoms with E-state index in [4.69, 9.17) is 9.84 Å². The van der Waals surface area contributed by atoms with Crippen LogP contribution < -0.4 is 10.1 Å². The Bertz CT molecular complexity index is 922. The van der Waals surface area contributed by atoms with Gasteiger partial charge in [0.2, 0.25) is 0 Å². The second kappa shape index (κ2) is 6.87. The van der Waals surface area contributed by atoms with Gasteiger partial charge in [-0.2, -0.15) is 5.10 Å². The number of hydrogen-bond donors (Lipinski definition) is 1. The van der Waals surface area contributed by atoms with Crippen molar-refractivity contribution in [2.45, 2.75) is 33.1 Å². The highest BCUT2D eigenvalue weighted by atomic mass is 16.5. The van der Waals surface area contributed by atoms with Gasteiger partial charge in [-0.15, -0.1) is 0 Å². The minimum atomic E-state index is 0.829. The number of ether oxygens (including phenoxy) is 1. The predicted molar refractivity (Wildman–Crippen MR) is 106 cm³/mol. The number of rotatable bonds is 3. The first kappa shape index (κ1) is 16.7. The number of benzene rings is 2. The van der Waals surface area contributed by atoms with E-state index in [1.807, 2.05) is 22.9 Å². The van der Waals surface area contributed by atoms with E-state index < -0.39 is 0 Å². The molecular weight excluding hydrogens is 322 g/mol.